The molecule has 0 bridgehead atoms. The highest BCUT2D eigenvalue weighted by Crippen LogP contribution is 2.21. The van der Waals surface area contributed by atoms with E-state index in [9.17, 15) is 14.4 Å². The Morgan fingerprint density at radius 2 is 1.61 bits per heavy atom. The Labute approximate surface area is 178 Å². The van der Waals surface area contributed by atoms with E-state index < -0.39 is 12.6 Å². The summed E-state index contributed by atoms with van der Waals surface area (Å²) in [6, 6.07) is 18.2. The average Bonchev–Trinajstić information content (AvgIpc) is 3.08. The van der Waals surface area contributed by atoms with Crippen LogP contribution in [0.1, 0.15) is 32.2 Å². The topological polar surface area (TPSA) is 83.2 Å². The molecular formula is C24H21N3O4. The molecule has 156 valence electrons. The van der Waals surface area contributed by atoms with Crippen molar-refractivity contribution in [3.63, 3.8) is 0 Å². The average molecular weight is 415 g/mol. The largest absolute Gasteiger partial charge is 0.452 e. The van der Waals surface area contributed by atoms with E-state index >= 15 is 0 Å². The smallest absolute Gasteiger partial charge is 0.359 e. The maximum atomic E-state index is 12.8. The SMILES string of the molecule is Cc1cc(C(=O)COC(=O)c2nn(C)c(=O)c3ccccc23)c(C)n1-c1ccccc1. The number of benzene rings is 2. The number of carbonyl (C=O) groups is 2. The first kappa shape index (κ1) is 20.3. The van der Waals surface area contributed by atoms with Crippen LogP contribution in [0.25, 0.3) is 16.5 Å². The number of aryl methyl sites for hydroxylation is 2. The van der Waals surface area contributed by atoms with Crippen LogP contribution in [0.15, 0.2) is 65.5 Å². The van der Waals surface area contributed by atoms with Crippen molar-refractivity contribution in [3.8, 4) is 5.69 Å². The summed E-state index contributed by atoms with van der Waals surface area (Å²) in [4.78, 5) is 37.7. The van der Waals surface area contributed by atoms with Gasteiger partial charge in [-0.3, -0.25) is 9.59 Å². The van der Waals surface area contributed by atoms with Crippen LogP contribution in [0.4, 0.5) is 0 Å². The lowest BCUT2D eigenvalue weighted by atomic mass is 10.1. The van der Waals surface area contributed by atoms with Gasteiger partial charge in [-0.15, -0.1) is 0 Å². The number of aromatic nitrogens is 3. The van der Waals surface area contributed by atoms with Crippen molar-refractivity contribution >= 4 is 22.5 Å². The number of para-hydroxylation sites is 1. The molecule has 0 saturated heterocycles. The summed E-state index contributed by atoms with van der Waals surface area (Å²) >= 11 is 0. The van der Waals surface area contributed by atoms with Gasteiger partial charge in [0.15, 0.2) is 12.3 Å². The minimum atomic E-state index is -0.753. The summed E-state index contributed by atoms with van der Waals surface area (Å²) < 4.78 is 8.36. The molecule has 0 amide bonds. The second-order valence-electron chi connectivity index (χ2n) is 7.28. The zero-order valence-electron chi connectivity index (χ0n) is 17.5. The number of nitrogens with zero attached hydrogens (tertiary/aromatic N) is 3. The molecule has 0 saturated carbocycles. The van der Waals surface area contributed by atoms with E-state index in [0.29, 0.717) is 16.3 Å². The molecular weight excluding hydrogens is 394 g/mol. The Morgan fingerprint density at radius 3 is 2.32 bits per heavy atom. The number of ketones is 1. The van der Waals surface area contributed by atoms with E-state index in [1.165, 1.54) is 7.05 Å². The van der Waals surface area contributed by atoms with Crippen LogP contribution >= 0.6 is 0 Å². The monoisotopic (exact) mass is 415 g/mol. The van der Waals surface area contributed by atoms with Crippen molar-refractivity contribution in [1.82, 2.24) is 14.3 Å². The number of Topliss-reactive ketones (excluding diaryl/α,β-unsaturated/α-hetero) is 1. The molecule has 0 atom stereocenters. The van der Waals surface area contributed by atoms with Gasteiger partial charge in [-0.25, -0.2) is 9.48 Å². The number of esters is 1. The summed E-state index contributed by atoms with van der Waals surface area (Å²) in [5, 5.41) is 4.80. The minimum Gasteiger partial charge on any atom is -0.452 e. The van der Waals surface area contributed by atoms with Crippen LogP contribution < -0.4 is 5.56 Å². The zero-order chi connectivity index (χ0) is 22.1. The fraction of sp³-hybridized carbons (Fsp3) is 0.167. The predicted molar refractivity (Wildman–Crippen MR) is 117 cm³/mol. The maximum absolute atomic E-state index is 12.8. The molecule has 0 aliphatic carbocycles. The number of rotatable bonds is 5. The van der Waals surface area contributed by atoms with Gasteiger partial charge in [0.1, 0.15) is 0 Å². The summed E-state index contributed by atoms with van der Waals surface area (Å²) in [5.41, 5.74) is 2.82. The molecule has 0 aliphatic rings. The van der Waals surface area contributed by atoms with Gasteiger partial charge in [-0.05, 0) is 38.1 Å². The Kier molecular flexibility index (Phi) is 5.25. The van der Waals surface area contributed by atoms with Gasteiger partial charge in [0.05, 0.1) is 5.39 Å². The normalized spacial score (nSPS) is 10.9. The van der Waals surface area contributed by atoms with Gasteiger partial charge in [-0.1, -0.05) is 36.4 Å². The number of carbonyl (C=O) groups excluding carboxylic acids is 2. The van der Waals surface area contributed by atoms with E-state index in [2.05, 4.69) is 5.10 Å². The molecule has 0 aliphatic heterocycles. The van der Waals surface area contributed by atoms with Gasteiger partial charge in [-0.2, -0.15) is 5.10 Å². The number of hydrogen-bond acceptors (Lipinski definition) is 5. The zero-order valence-corrected chi connectivity index (χ0v) is 17.5. The van der Waals surface area contributed by atoms with Gasteiger partial charge in [0.2, 0.25) is 5.78 Å². The second-order valence-corrected chi connectivity index (χ2v) is 7.28. The number of ether oxygens (including phenoxy) is 1. The predicted octanol–water partition coefficient (Wildman–Crippen LogP) is 3.38. The Balaban J connectivity index is 1.58. The van der Waals surface area contributed by atoms with Crippen molar-refractivity contribution in [1.29, 1.82) is 0 Å². The van der Waals surface area contributed by atoms with Crippen LogP contribution in [-0.2, 0) is 11.8 Å². The van der Waals surface area contributed by atoms with Gasteiger partial charge in [0, 0.05) is 35.1 Å². The van der Waals surface area contributed by atoms with E-state index in [4.69, 9.17) is 4.74 Å². The standard InChI is InChI=1S/C24H21N3O4/c1-15-13-20(16(2)27(15)17-9-5-4-6-10-17)21(28)14-31-24(30)22-18-11-7-8-12-19(18)23(29)26(3)25-22/h4-13H,14H2,1-3H3. The molecule has 31 heavy (non-hydrogen) atoms. The van der Waals surface area contributed by atoms with Crippen LogP contribution in [0.5, 0.6) is 0 Å². The van der Waals surface area contributed by atoms with Crippen molar-refractivity contribution in [2.24, 2.45) is 7.05 Å². The molecule has 0 radical (unpaired) electrons. The van der Waals surface area contributed by atoms with Gasteiger partial charge < -0.3 is 9.30 Å². The summed E-state index contributed by atoms with van der Waals surface area (Å²) in [7, 11) is 1.47. The highest BCUT2D eigenvalue weighted by atomic mass is 16.5. The van der Waals surface area contributed by atoms with Crippen molar-refractivity contribution < 1.29 is 14.3 Å². The molecule has 0 N–H and O–H groups in total. The van der Waals surface area contributed by atoms with Crippen LogP contribution in [0, 0.1) is 13.8 Å². The Bertz CT molecular complexity index is 1370. The van der Waals surface area contributed by atoms with Crippen LogP contribution in [0.3, 0.4) is 0 Å². The third-order valence-electron chi connectivity index (χ3n) is 5.23. The van der Waals surface area contributed by atoms with Gasteiger partial charge in [0.25, 0.3) is 5.56 Å². The highest BCUT2D eigenvalue weighted by Gasteiger charge is 2.21. The molecule has 2 aromatic carbocycles. The lowest BCUT2D eigenvalue weighted by molar-refractivity contribution is 0.0468. The number of fused-ring (bicyclic) bond motifs is 1. The fourth-order valence-electron chi connectivity index (χ4n) is 3.75. The molecule has 4 aromatic rings. The third-order valence-corrected chi connectivity index (χ3v) is 5.23. The molecule has 4 rings (SSSR count). The molecule has 7 nitrogen and oxygen atoms in total. The third kappa shape index (κ3) is 3.66. The Morgan fingerprint density at radius 1 is 0.968 bits per heavy atom. The lowest BCUT2D eigenvalue weighted by Crippen LogP contribution is -2.24. The van der Waals surface area contributed by atoms with E-state index in [-0.39, 0.29) is 17.0 Å². The van der Waals surface area contributed by atoms with E-state index in [1.54, 1.807) is 30.3 Å². The lowest BCUT2D eigenvalue weighted by Gasteiger charge is -2.10. The molecule has 2 aromatic heterocycles. The molecule has 7 heteroatoms. The van der Waals surface area contributed by atoms with E-state index in [0.717, 1.165) is 21.8 Å². The highest BCUT2D eigenvalue weighted by molar-refractivity contribution is 6.04. The first-order valence-electron chi connectivity index (χ1n) is 9.79. The van der Waals surface area contributed by atoms with Crippen LogP contribution in [-0.4, -0.2) is 32.7 Å². The van der Waals surface area contributed by atoms with Crippen LogP contribution in [0.2, 0.25) is 0 Å². The maximum Gasteiger partial charge on any atom is 0.359 e. The molecule has 0 spiro atoms. The molecule has 2 heterocycles. The van der Waals surface area contributed by atoms with Crippen molar-refractivity contribution in [2.45, 2.75) is 13.8 Å². The summed E-state index contributed by atoms with van der Waals surface area (Å²) in [6.07, 6.45) is 0. The quantitative estimate of drug-likeness (QED) is 0.369. The van der Waals surface area contributed by atoms with E-state index in [1.807, 2.05) is 48.7 Å². The van der Waals surface area contributed by atoms with Gasteiger partial charge >= 0.3 is 5.97 Å². The molecule has 0 fully saturated rings. The second kappa shape index (κ2) is 8.02. The van der Waals surface area contributed by atoms with Crippen molar-refractivity contribution in [3.05, 3.63) is 93.7 Å². The fourth-order valence-corrected chi connectivity index (χ4v) is 3.75. The first-order chi connectivity index (χ1) is 14.9. The number of hydrogen-bond donors (Lipinski definition) is 0. The van der Waals surface area contributed by atoms with Crippen molar-refractivity contribution in [2.75, 3.05) is 6.61 Å². The first-order valence-corrected chi connectivity index (χ1v) is 9.79. The minimum absolute atomic E-state index is 0.000239. The molecule has 0 unspecified atom stereocenters. The summed E-state index contributed by atoms with van der Waals surface area (Å²) in [6.45, 7) is 3.36. The Hall–Kier alpha value is -4.00. The summed E-state index contributed by atoms with van der Waals surface area (Å²) in [5.74, 6) is -1.06.